The summed E-state index contributed by atoms with van der Waals surface area (Å²) in [5.41, 5.74) is 26.9. The zero-order valence-electron chi connectivity index (χ0n) is 49.2. The van der Waals surface area contributed by atoms with E-state index >= 15 is 0 Å². The van der Waals surface area contributed by atoms with Crippen molar-refractivity contribution in [1.82, 2.24) is 0 Å². The average Bonchev–Trinajstić information content (AvgIpc) is 3.74. The lowest BCUT2D eigenvalue weighted by Crippen LogP contribution is -2.34. The summed E-state index contributed by atoms with van der Waals surface area (Å²) in [6.45, 7) is 31.3. The van der Waals surface area contributed by atoms with Gasteiger partial charge in [0.15, 0.2) is 7.28 Å². The molecule has 79 heavy (non-hydrogen) atoms. The molecule has 2 heterocycles. The third-order valence-corrected chi connectivity index (χ3v) is 19.0. The molecule has 12 rings (SSSR count). The van der Waals surface area contributed by atoms with E-state index in [1.54, 1.807) is 0 Å². The topological polar surface area (TPSA) is 6.48 Å². The van der Waals surface area contributed by atoms with E-state index in [9.17, 15) is 0 Å². The zero-order valence-corrected chi connectivity index (χ0v) is 49.2. The van der Waals surface area contributed by atoms with E-state index < -0.39 is 0 Å². The summed E-state index contributed by atoms with van der Waals surface area (Å²) >= 11 is 0. The standard InChI is InChI=1S/C76H79BN2/c1-49(2)51-43-68-71-69(44-51)79(65-39-35-55(72(3,4)5)45-60(65)59-32-24-23-31-58(59)50-25-17-14-18-26-50)67-48-64-63(73(6,7)41-42-74(64,8)9)47-62(67)70(77-71)61-46-56(76(12,13)53-29-21-16-22-30-53)36-40-66(61)78(68)57-37-33-54(34-38-57)75(10,11)52-27-19-15-20-28-52/h14-40,43-49,70,77H,41-42H2,1-13H3. The van der Waals surface area contributed by atoms with Gasteiger partial charge in [-0.25, -0.2) is 0 Å². The van der Waals surface area contributed by atoms with Gasteiger partial charge in [-0.3, -0.25) is 0 Å². The van der Waals surface area contributed by atoms with Gasteiger partial charge in [-0.05, 0) is 167 Å². The Kier molecular flexibility index (Phi) is 12.7. The molecule has 0 radical (unpaired) electrons. The first kappa shape index (κ1) is 52.3. The molecule has 0 spiro atoms. The number of hydrogen-bond acceptors (Lipinski definition) is 2. The van der Waals surface area contributed by atoms with Crippen LogP contribution in [-0.2, 0) is 27.1 Å². The van der Waals surface area contributed by atoms with Gasteiger partial charge in [-0.15, -0.1) is 0 Å². The van der Waals surface area contributed by atoms with Crippen LogP contribution in [0.5, 0.6) is 0 Å². The molecule has 1 atom stereocenters. The smallest absolute Gasteiger partial charge is 0.176 e. The van der Waals surface area contributed by atoms with Crippen molar-refractivity contribution in [2.24, 2.45) is 0 Å². The first-order valence-corrected chi connectivity index (χ1v) is 29.2. The SMILES string of the molecule is CC(C)c1cc2c3c(c1)N(c1ccc(C(C)(C)C)cc1-c1ccccc1-c1ccccc1)c1cc4c(cc1C(B3)c1cc(C(C)(C)c3ccccc3)ccc1N2c1ccc(C(C)(C)c2ccccc2)cc1)C(C)(C)CCC4(C)C. The van der Waals surface area contributed by atoms with E-state index in [2.05, 4.69) is 300 Å². The maximum absolute atomic E-state index is 2.76. The highest BCUT2D eigenvalue weighted by Gasteiger charge is 2.44. The van der Waals surface area contributed by atoms with E-state index in [4.69, 9.17) is 0 Å². The van der Waals surface area contributed by atoms with Gasteiger partial charge in [-0.1, -0.05) is 242 Å². The Labute approximate surface area is 473 Å². The maximum atomic E-state index is 2.76. The van der Waals surface area contributed by atoms with Gasteiger partial charge in [0.2, 0.25) is 0 Å². The van der Waals surface area contributed by atoms with Crippen molar-refractivity contribution < 1.29 is 0 Å². The van der Waals surface area contributed by atoms with Gasteiger partial charge in [0.25, 0.3) is 0 Å². The van der Waals surface area contributed by atoms with Crippen molar-refractivity contribution in [3.8, 4) is 22.3 Å². The van der Waals surface area contributed by atoms with E-state index in [0.717, 1.165) is 20.1 Å². The van der Waals surface area contributed by atoms with Crippen molar-refractivity contribution in [2.75, 3.05) is 9.80 Å². The number of nitrogens with zero attached hydrogens (tertiary/aromatic N) is 2. The third-order valence-electron chi connectivity index (χ3n) is 19.0. The van der Waals surface area contributed by atoms with Crippen LogP contribution >= 0.6 is 0 Å². The van der Waals surface area contributed by atoms with E-state index in [-0.39, 0.29) is 38.8 Å². The van der Waals surface area contributed by atoms with Crippen LogP contribution in [0.1, 0.15) is 170 Å². The second-order valence-corrected chi connectivity index (χ2v) is 27.0. The molecule has 0 N–H and O–H groups in total. The first-order valence-electron chi connectivity index (χ1n) is 29.2. The van der Waals surface area contributed by atoms with Crippen LogP contribution in [0.25, 0.3) is 22.3 Å². The lowest BCUT2D eigenvalue weighted by Gasteiger charge is -2.44. The van der Waals surface area contributed by atoms with Crippen LogP contribution in [0.3, 0.4) is 0 Å². The molecule has 396 valence electrons. The summed E-state index contributed by atoms with van der Waals surface area (Å²) in [6, 6.07) is 77.4. The molecule has 1 unspecified atom stereocenters. The minimum Gasteiger partial charge on any atom is -0.311 e. The number of benzene rings is 9. The van der Waals surface area contributed by atoms with Crippen LogP contribution in [-0.4, -0.2) is 7.28 Å². The summed E-state index contributed by atoms with van der Waals surface area (Å²) < 4.78 is 0. The maximum Gasteiger partial charge on any atom is 0.176 e. The van der Waals surface area contributed by atoms with E-state index in [1.807, 2.05) is 0 Å². The number of rotatable bonds is 9. The molecule has 9 aromatic rings. The van der Waals surface area contributed by atoms with Crippen molar-refractivity contribution >= 4 is 46.9 Å². The molecule has 9 aromatic carbocycles. The van der Waals surface area contributed by atoms with Crippen LogP contribution in [0.15, 0.2) is 200 Å². The minimum absolute atomic E-state index is 0.00000178. The van der Waals surface area contributed by atoms with Gasteiger partial charge in [-0.2, -0.15) is 0 Å². The third kappa shape index (κ3) is 8.97. The van der Waals surface area contributed by atoms with Crippen molar-refractivity contribution in [3.63, 3.8) is 0 Å². The highest BCUT2D eigenvalue weighted by molar-refractivity contribution is 6.61. The Hall–Kier alpha value is -7.36. The van der Waals surface area contributed by atoms with Gasteiger partial charge >= 0.3 is 0 Å². The Balaban J connectivity index is 1.21. The molecule has 0 aromatic heterocycles. The fraction of sp³-hybridized carbons (Fsp3) is 0.289. The average molecular weight is 1030 g/mol. The fourth-order valence-corrected chi connectivity index (χ4v) is 13.6. The second kappa shape index (κ2) is 19.2. The lowest BCUT2D eigenvalue weighted by molar-refractivity contribution is 0.331. The zero-order chi connectivity index (χ0) is 55.4. The second-order valence-electron chi connectivity index (χ2n) is 27.0. The largest absolute Gasteiger partial charge is 0.311 e. The van der Waals surface area contributed by atoms with Crippen molar-refractivity contribution in [1.29, 1.82) is 0 Å². The normalized spacial score (nSPS) is 16.3. The molecule has 2 aliphatic heterocycles. The summed E-state index contributed by atoms with van der Waals surface area (Å²) in [5.74, 6) is 0.296. The summed E-state index contributed by atoms with van der Waals surface area (Å²) in [5, 5.41) is 0. The molecule has 0 saturated carbocycles. The van der Waals surface area contributed by atoms with Crippen molar-refractivity contribution in [2.45, 2.75) is 142 Å². The van der Waals surface area contributed by atoms with Gasteiger partial charge < -0.3 is 9.80 Å². The van der Waals surface area contributed by atoms with Crippen LogP contribution in [0.2, 0.25) is 0 Å². The van der Waals surface area contributed by atoms with E-state index in [1.165, 1.54) is 117 Å². The summed E-state index contributed by atoms with van der Waals surface area (Å²) in [7, 11) is 0.850. The Morgan fingerprint density at radius 3 is 1.49 bits per heavy atom. The van der Waals surface area contributed by atoms with Crippen LogP contribution in [0.4, 0.5) is 34.1 Å². The molecule has 3 aliphatic rings. The molecule has 0 amide bonds. The molecular weight excluding hydrogens is 952 g/mol. The number of hydrogen-bond donors (Lipinski definition) is 0. The molecule has 1 aliphatic carbocycles. The highest BCUT2D eigenvalue weighted by atomic mass is 15.2. The number of anilines is 6. The Morgan fingerprint density at radius 2 is 0.899 bits per heavy atom. The number of fused-ring (bicyclic) bond motifs is 6. The lowest BCUT2D eigenvalue weighted by atomic mass is 9.53. The van der Waals surface area contributed by atoms with Crippen LogP contribution in [0, 0.1) is 0 Å². The van der Waals surface area contributed by atoms with Gasteiger partial charge in [0.1, 0.15) is 0 Å². The first-order chi connectivity index (χ1) is 37.6. The monoisotopic (exact) mass is 1030 g/mol. The predicted molar refractivity (Wildman–Crippen MR) is 341 cm³/mol. The molecular formula is C76H79BN2. The van der Waals surface area contributed by atoms with E-state index in [0.29, 0.717) is 0 Å². The molecule has 0 fully saturated rings. The molecule has 0 saturated heterocycles. The minimum atomic E-state index is -0.252. The summed E-state index contributed by atoms with van der Waals surface area (Å²) in [4.78, 5) is 5.41. The predicted octanol–water partition coefficient (Wildman–Crippen LogP) is 19.9. The Bertz CT molecular complexity index is 3760. The van der Waals surface area contributed by atoms with Crippen LogP contribution < -0.4 is 15.3 Å². The fourth-order valence-electron chi connectivity index (χ4n) is 13.6. The Morgan fingerprint density at radius 1 is 0.418 bits per heavy atom. The van der Waals surface area contributed by atoms with Gasteiger partial charge in [0, 0.05) is 44.8 Å². The quantitative estimate of drug-likeness (QED) is 0.133. The van der Waals surface area contributed by atoms with Crippen molar-refractivity contribution in [3.05, 3.63) is 256 Å². The van der Waals surface area contributed by atoms with Gasteiger partial charge in [0.05, 0.1) is 5.69 Å². The summed E-state index contributed by atoms with van der Waals surface area (Å²) in [6.07, 6.45) is 2.29. The highest BCUT2D eigenvalue weighted by Crippen LogP contribution is 2.57. The molecule has 2 nitrogen and oxygen atoms in total. The molecule has 2 bridgehead atoms. The molecule has 3 heteroatoms.